The van der Waals surface area contributed by atoms with Crippen molar-refractivity contribution < 1.29 is 4.39 Å². The van der Waals surface area contributed by atoms with Crippen LogP contribution in [0.5, 0.6) is 0 Å². The zero-order chi connectivity index (χ0) is 13.8. The van der Waals surface area contributed by atoms with Crippen molar-refractivity contribution in [1.29, 1.82) is 0 Å². The molecule has 1 aromatic carbocycles. The van der Waals surface area contributed by atoms with Crippen LogP contribution < -0.4 is 5.73 Å². The predicted octanol–water partition coefficient (Wildman–Crippen LogP) is 3.04. The third kappa shape index (κ3) is 4.20. The molecule has 0 spiro atoms. The van der Waals surface area contributed by atoms with Crippen LogP contribution in [-0.2, 0) is 0 Å². The van der Waals surface area contributed by atoms with Gasteiger partial charge in [-0.3, -0.25) is 0 Å². The van der Waals surface area contributed by atoms with Crippen molar-refractivity contribution in [2.75, 3.05) is 19.6 Å². The standard InChI is InChI=1S/C15H23FN2S/c1-11-9-18(10-12(2)19-11)8-7-15(17)13-5-3-4-6-14(13)16/h3-6,11-12,15H,7-10,17H2,1-2H3. The summed E-state index contributed by atoms with van der Waals surface area (Å²) in [7, 11) is 0. The predicted molar refractivity (Wildman–Crippen MR) is 80.9 cm³/mol. The normalized spacial score (nSPS) is 26.3. The molecule has 1 heterocycles. The van der Waals surface area contributed by atoms with Crippen LogP contribution in [0, 0.1) is 5.82 Å². The van der Waals surface area contributed by atoms with Gasteiger partial charge in [0.2, 0.25) is 0 Å². The second kappa shape index (κ2) is 6.73. The Balaban J connectivity index is 1.87. The third-order valence-electron chi connectivity index (χ3n) is 3.56. The fourth-order valence-electron chi connectivity index (χ4n) is 2.72. The molecule has 2 nitrogen and oxygen atoms in total. The van der Waals surface area contributed by atoms with Gasteiger partial charge in [0, 0.05) is 41.7 Å². The average Bonchev–Trinajstić information content (AvgIpc) is 2.35. The van der Waals surface area contributed by atoms with Gasteiger partial charge >= 0.3 is 0 Å². The molecule has 0 bridgehead atoms. The van der Waals surface area contributed by atoms with Crippen molar-refractivity contribution in [3.63, 3.8) is 0 Å². The summed E-state index contributed by atoms with van der Waals surface area (Å²) in [5, 5.41) is 1.35. The lowest BCUT2D eigenvalue weighted by molar-refractivity contribution is 0.260. The molecule has 0 aliphatic carbocycles. The first-order chi connectivity index (χ1) is 9.06. The molecule has 1 aliphatic rings. The number of hydrogen-bond acceptors (Lipinski definition) is 3. The maximum Gasteiger partial charge on any atom is 0.127 e. The third-order valence-corrected chi connectivity index (χ3v) is 4.78. The monoisotopic (exact) mass is 282 g/mol. The smallest absolute Gasteiger partial charge is 0.127 e. The largest absolute Gasteiger partial charge is 0.324 e. The van der Waals surface area contributed by atoms with Gasteiger partial charge in [0.25, 0.3) is 0 Å². The summed E-state index contributed by atoms with van der Waals surface area (Å²) in [6.45, 7) is 7.71. The van der Waals surface area contributed by atoms with Crippen LogP contribution >= 0.6 is 11.8 Å². The molecular formula is C15H23FN2S. The van der Waals surface area contributed by atoms with E-state index in [1.165, 1.54) is 6.07 Å². The highest BCUT2D eigenvalue weighted by Gasteiger charge is 2.22. The highest BCUT2D eigenvalue weighted by Crippen LogP contribution is 2.25. The Hall–Kier alpha value is -0.580. The Bertz CT molecular complexity index is 403. The van der Waals surface area contributed by atoms with Crippen LogP contribution in [0.25, 0.3) is 0 Å². The minimum Gasteiger partial charge on any atom is -0.324 e. The fraction of sp³-hybridized carbons (Fsp3) is 0.600. The molecule has 1 aliphatic heterocycles. The maximum absolute atomic E-state index is 13.6. The van der Waals surface area contributed by atoms with E-state index in [9.17, 15) is 4.39 Å². The molecule has 0 amide bonds. The van der Waals surface area contributed by atoms with E-state index >= 15 is 0 Å². The number of nitrogens with zero attached hydrogens (tertiary/aromatic N) is 1. The minimum atomic E-state index is -0.207. The molecule has 19 heavy (non-hydrogen) atoms. The van der Waals surface area contributed by atoms with Crippen molar-refractivity contribution in [3.8, 4) is 0 Å². The molecule has 3 atom stereocenters. The lowest BCUT2D eigenvalue weighted by Gasteiger charge is -2.35. The first kappa shape index (κ1) is 14.8. The van der Waals surface area contributed by atoms with Crippen molar-refractivity contribution in [2.45, 2.75) is 36.8 Å². The van der Waals surface area contributed by atoms with Gasteiger partial charge in [0.05, 0.1) is 0 Å². The Labute approximate surface area is 119 Å². The Morgan fingerprint density at radius 2 is 1.95 bits per heavy atom. The Morgan fingerprint density at radius 3 is 2.58 bits per heavy atom. The van der Waals surface area contributed by atoms with E-state index in [-0.39, 0.29) is 11.9 Å². The maximum atomic E-state index is 13.6. The summed E-state index contributed by atoms with van der Waals surface area (Å²) in [6.07, 6.45) is 0.811. The number of hydrogen-bond donors (Lipinski definition) is 1. The van der Waals surface area contributed by atoms with Crippen LogP contribution in [0.1, 0.15) is 31.9 Å². The highest BCUT2D eigenvalue weighted by atomic mass is 32.2. The molecule has 4 heteroatoms. The van der Waals surface area contributed by atoms with Crippen LogP contribution in [0.4, 0.5) is 4.39 Å². The molecular weight excluding hydrogens is 259 g/mol. The van der Waals surface area contributed by atoms with Gasteiger partial charge in [0.1, 0.15) is 5.82 Å². The number of halogens is 1. The number of thioether (sulfide) groups is 1. The molecule has 1 saturated heterocycles. The first-order valence-corrected chi connectivity index (χ1v) is 7.88. The SMILES string of the molecule is CC1CN(CCC(N)c2ccccc2F)CC(C)S1. The van der Waals surface area contributed by atoms with E-state index in [0.717, 1.165) is 26.1 Å². The summed E-state index contributed by atoms with van der Waals surface area (Å²) >= 11 is 2.05. The lowest BCUT2D eigenvalue weighted by Crippen LogP contribution is -2.41. The molecule has 1 aromatic rings. The molecule has 2 rings (SSSR count). The van der Waals surface area contributed by atoms with E-state index in [2.05, 4.69) is 18.7 Å². The van der Waals surface area contributed by atoms with Gasteiger partial charge in [-0.15, -0.1) is 0 Å². The number of benzene rings is 1. The molecule has 1 fully saturated rings. The number of rotatable bonds is 4. The lowest BCUT2D eigenvalue weighted by atomic mass is 10.0. The topological polar surface area (TPSA) is 29.3 Å². The molecule has 0 saturated carbocycles. The van der Waals surface area contributed by atoms with Crippen molar-refractivity contribution in [3.05, 3.63) is 35.6 Å². The Morgan fingerprint density at radius 1 is 1.32 bits per heavy atom. The van der Waals surface area contributed by atoms with Crippen LogP contribution in [0.15, 0.2) is 24.3 Å². The highest BCUT2D eigenvalue weighted by molar-refractivity contribution is 8.00. The number of nitrogens with two attached hydrogens (primary N) is 1. The summed E-state index contributed by atoms with van der Waals surface area (Å²) in [6, 6.07) is 6.62. The van der Waals surface area contributed by atoms with Gasteiger partial charge in [-0.05, 0) is 12.5 Å². The van der Waals surface area contributed by atoms with Gasteiger partial charge in [0.15, 0.2) is 0 Å². The van der Waals surface area contributed by atoms with Crippen molar-refractivity contribution in [2.24, 2.45) is 5.73 Å². The van der Waals surface area contributed by atoms with E-state index in [0.29, 0.717) is 16.1 Å². The van der Waals surface area contributed by atoms with Gasteiger partial charge < -0.3 is 10.6 Å². The van der Waals surface area contributed by atoms with E-state index < -0.39 is 0 Å². The zero-order valence-corrected chi connectivity index (χ0v) is 12.5. The first-order valence-electron chi connectivity index (χ1n) is 6.94. The van der Waals surface area contributed by atoms with E-state index in [4.69, 9.17) is 5.73 Å². The van der Waals surface area contributed by atoms with E-state index in [1.54, 1.807) is 12.1 Å². The quantitative estimate of drug-likeness (QED) is 0.920. The van der Waals surface area contributed by atoms with Crippen molar-refractivity contribution in [1.82, 2.24) is 4.90 Å². The van der Waals surface area contributed by atoms with Gasteiger partial charge in [-0.2, -0.15) is 11.8 Å². The average molecular weight is 282 g/mol. The molecule has 106 valence electrons. The van der Waals surface area contributed by atoms with Crippen LogP contribution in [-0.4, -0.2) is 35.0 Å². The fourth-order valence-corrected chi connectivity index (χ4v) is 4.11. The van der Waals surface area contributed by atoms with Crippen LogP contribution in [0.3, 0.4) is 0 Å². The van der Waals surface area contributed by atoms with Crippen molar-refractivity contribution >= 4 is 11.8 Å². The van der Waals surface area contributed by atoms with Gasteiger partial charge in [-0.25, -0.2) is 4.39 Å². The summed E-state index contributed by atoms with van der Waals surface area (Å²) < 4.78 is 13.6. The summed E-state index contributed by atoms with van der Waals surface area (Å²) in [5.41, 5.74) is 6.74. The van der Waals surface area contributed by atoms with Crippen LogP contribution in [0.2, 0.25) is 0 Å². The molecule has 2 N–H and O–H groups in total. The minimum absolute atomic E-state index is 0.189. The molecule has 0 radical (unpaired) electrons. The molecule has 0 aromatic heterocycles. The summed E-state index contributed by atoms with van der Waals surface area (Å²) in [4.78, 5) is 2.45. The zero-order valence-electron chi connectivity index (χ0n) is 11.7. The van der Waals surface area contributed by atoms with Gasteiger partial charge in [-0.1, -0.05) is 32.0 Å². The van der Waals surface area contributed by atoms with E-state index in [1.807, 2.05) is 17.8 Å². The summed E-state index contributed by atoms with van der Waals surface area (Å²) in [5.74, 6) is -0.189. The Kier molecular flexibility index (Phi) is 5.25. The second-order valence-corrected chi connectivity index (χ2v) is 7.32. The second-order valence-electron chi connectivity index (χ2n) is 5.43. The molecule has 3 unspecified atom stereocenters.